The van der Waals surface area contributed by atoms with Crippen molar-refractivity contribution in [3.63, 3.8) is 0 Å². The molecule has 0 N–H and O–H groups in total. The fraction of sp³-hybridized carbons (Fsp3) is 0.235. The molecule has 3 heterocycles. The molecule has 20 heavy (non-hydrogen) atoms. The molecule has 0 aliphatic carbocycles. The number of carbonyl (C=O) groups excluding carboxylic acids is 1. The summed E-state index contributed by atoms with van der Waals surface area (Å²) < 4.78 is 2.33. The summed E-state index contributed by atoms with van der Waals surface area (Å²) >= 11 is 0. The van der Waals surface area contributed by atoms with Gasteiger partial charge in [-0.3, -0.25) is 0 Å². The molecule has 3 nitrogen and oxygen atoms in total. The van der Waals surface area contributed by atoms with E-state index in [4.69, 9.17) is 0 Å². The van der Waals surface area contributed by atoms with Crippen LogP contribution < -0.4 is 4.90 Å². The second-order valence-electron chi connectivity index (χ2n) is 5.38. The summed E-state index contributed by atoms with van der Waals surface area (Å²) in [6, 6.07) is 6.29. The zero-order valence-corrected chi connectivity index (χ0v) is 11.2. The molecule has 1 unspecified atom stereocenters. The van der Waals surface area contributed by atoms with Crippen molar-refractivity contribution in [2.45, 2.75) is 25.4 Å². The van der Waals surface area contributed by atoms with Crippen LogP contribution in [0.2, 0.25) is 0 Å². The van der Waals surface area contributed by atoms with Gasteiger partial charge in [-0.1, -0.05) is 30.4 Å². The van der Waals surface area contributed by atoms with Crippen molar-refractivity contribution in [2.75, 3.05) is 4.90 Å². The van der Waals surface area contributed by atoms with Crippen LogP contribution in [0.25, 0.3) is 10.9 Å². The lowest BCUT2D eigenvalue weighted by atomic mass is 10.0. The van der Waals surface area contributed by atoms with Gasteiger partial charge in [0.25, 0.3) is 0 Å². The molecular weight excluding hydrogens is 248 g/mol. The first-order valence-electron chi connectivity index (χ1n) is 7.08. The SMILES string of the molecule is O=CC1C=CC=CN1c1cn2c3c(cccc13)CCC2. The van der Waals surface area contributed by atoms with Crippen molar-refractivity contribution in [3.8, 4) is 0 Å². The normalized spacial score (nSPS) is 20.6. The third kappa shape index (κ3) is 1.56. The monoisotopic (exact) mass is 264 g/mol. The maximum absolute atomic E-state index is 11.3. The van der Waals surface area contributed by atoms with E-state index in [-0.39, 0.29) is 6.04 Å². The topological polar surface area (TPSA) is 25.2 Å². The molecule has 2 aliphatic heterocycles. The van der Waals surface area contributed by atoms with Gasteiger partial charge >= 0.3 is 0 Å². The van der Waals surface area contributed by atoms with E-state index >= 15 is 0 Å². The summed E-state index contributed by atoms with van der Waals surface area (Å²) in [6.07, 6.45) is 13.3. The average Bonchev–Trinajstić information content (AvgIpc) is 2.89. The Morgan fingerprint density at radius 2 is 2.20 bits per heavy atom. The summed E-state index contributed by atoms with van der Waals surface area (Å²) in [4.78, 5) is 13.4. The highest BCUT2D eigenvalue weighted by Gasteiger charge is 2.22. The number of para-hydroxylation sites is 1. The molecule has 2 aliphatic rings. The van der Waals surface area contributed by atoms with Gasteiger partial charge in [0.05, 0.1) is 11.2 Å². The van der Waals surface area contributed by atoms with Crippen LogP contribution in [0.1, 0.15) is 12.0 Å². The molecule has 3 heteroatoms. The third-order valence-electron chi connectivity index (χ3n) is 4.21. The van der Waals surface area contributed by atoms with E-state index in [2.05, 4.69) is 33.9 Å². The Hall–Kier alpha value is -2.29. The summed E-state index contributed by atoms with van der Waals surface area (Å²) in [5.74, 6) is 0. The van der Waals surface area contributed by atoms with E-state index in [1.54, 1.807) is 0 Å². The molecule has 1 aromatic heterocycles. The number of aryl methyl sites for hydroxylation is 2. The van der Waals surface area contributed by atoms with Crippen LogP contribution in [0, 0.1) is 0 Å². The fourth-order valence-corrected chi connectivity index (χ4v) is 3.31. The average molecular weight is 264 g/mol. The Morgan fingerprint density at radius 3 is 3.10 bits per heavy atom. The van der Waals surface area contributed by atoms with Gasteiger partial charge in [0.2, 0.25) is 0 Å². The Balaban J connectivity index is 1.93. The Labute approximate surface area is 117 Å². The van der Waals surface area contributed by atoms with Gasteiger partial charge in [-0.2, -0.15) is 0 Å². The lowest BCUT2D eigenvalue weighted by molar-refractivity contribution is -0.108. The standard InChI is InChI=1S/C17H16N2O/c20-12-14-7-1-2-10-19(14)16-11-18-9-4-6-13-5-3-8-15(16)17(13)18/h1-3,5,7-8,10-12,14H,4,6,9H2. The van der Waals surface area contributed by atoms with E-state index < -0.39 is 0 Å². The highest BCUT2D eigenvalue weighted by Crippen LogP contribution is 2.35. The molecule has 0 saturated carbocycles. The maximum Gasteiger partial charge on any atom is 0.146 e. The third-order valence-corrected chi connectivity index (χ3v) is 4.21. The van der Waals surface area contributed by atoms with E-state index in [0.29, 0.717) is 0 Å². The number of aromatic nitrogens is 1. The molecule has 2 aromatic rings. The Bertz CT molecular complexity index is 739. The van der Waals surface area contributed by atoms with Crippen LogP contribution in [0.15, 0.2) is 48.8 Å². The molecule has 4 rings (SSSR count). The predicted molar refractivity (Wildman–Crippen MR) is 80.9 cm³/mol. The fourth-order valence-electron chi connectivity index (χ4n) is 3.31. The summed E-state index contributed by atoms with van der Waals surface area (Å²) in [7, 11) is 0. The highest BCUT2D eigenvalue weighted by molar-refractivity contribution is 5.97. The molecule has 0 bridgehead atoms. The molecule has 1 atom stereocenters. The van der Waals surface area contributed by atoms with Crippen LogP contribution >= 0.6 is 0 Å². The number of carbonyl (C=O) groups is 1. The maximum atomic E-state index is 11.3. The Morgan fingerprint density at radius 1 is 1.25 bits per heavy atom. The molecule has 0 amide bonds. The Kier molecular flexibility index (Phi) is 2.52. The first-order chi connectivity index (χ1) is 9.88. The number of allylic oxidation sites excluding steroid dienone is 2. The molecule has 0 spiro atoms. The zero-order valence-electron chi connectivity index (χ0n) is 11.2. The summed E-state index contributed by atoms with van der Waals surface area (Å²) in [5.41, 5.74) is 3.88. The van der Waals surface area contributed by atoms with Crippen LogP contribution in [-0.4, -0.2) is 16.9 Å². The van der Waals surface area contributed by atoms with E-state index in [9.17, 15) is 4.79 Å². The first-order valence-corrected chi connectivity index (χ1v) is 7.08. The number of benzene rings is 1. The lowest BCUT2D eigenvalue weighted by Crippen LogP contribution is -2.31. The quantitative estimate of drug-likeness (QED) is 0.779. The molecule has 0 fully saturated rings. The van der Waals surface area contributed by atoms with Crippen molar-refractivity contribution in [1.82, 2.24) is 4.57 Å². The van der Waals surface area contributed by atoms with Crippen LogP contribution in [0.3, 0.4) is 0 Å². The van der Waals surface area contributed by atoms with Gasteiger partial charge in [0.1, 0.15) is 12.3 Å². The number of anilines is 1. The van der Waals surface area contributed by atoms with Gasteiger partial charge in [0, 0.05) is 24.3 Å². The van der Waals surface area contributed by atoms with Gasteiger partial charge < -0.3 is 14.3 Å². The zero-order chi connectivity index (χ0) is 13.5. The van der Waals surface area contributed by atoms with Crippen molar-refractivity contribution >= 4 is 22.9 Å². The largest absolute Gasteiger partial charge is 0.345 e. The van der Waals surface area contributed by atoms with Crippen LogP contribution in [0.5, 0.6) is 0 Å². The molecule has 0 saturated heterocycles. The summed E-state index contributed by atoms with van der Waals surface area (Å²) in [6.45, 7) is 1.06. The van der Waals surface area contributed by atoms with Gasteiger partial charge in [-0.05, 0) is 24.5 Å². The predicted octanol–water partition coefficient (Wildman–Crippen LogP) is 3.04. The van der Waals surface area contributed by atoms with Gasteiger partial charge in [-0.15, -0.1) is 0 Å². The highest BCUT2D eigenvalue weighted by atomic mass is 16.1. The number of rotatable bonds is 2. The van der Waals surface area contributed by atoms with Crippen molar-refractivity contribution in [3.05, 3.63) is 54.4 Å². The number of aldehydes is 1. The minimum Gasteiger partial charge on any atom is -0.345 e. The smallest absolute Gasteiger partial charge is 0.146 e. The molecule has 1 aromatic carbocycles. The minimum atomic E-state index is -0.205. The minimum absolute atomic E-state index is 0.205. The number of nitrogens with zero attached hydrogens (tertiary/aromatic N) is 2. The molecule has 100 valence electrons. The summed E-state index contributed by atoms with van der Waals surface area (Å²) in [5, 5.41) is 1.24. The second-order valence-corrected chi connectivity index (χ2v) is 5.38. The van der Waals surface area contributed by atoms with Crippen LogP contribution in [-0.2, 0) is 17.8 Å². The van der Waals surface area contributed by atoms with E-state index in [0.717, 1.165) is 24.9 Å². The van der Waals surface area contributed by atoms with Gasteiger partial charge in [-0.25, -0.2) is 0 Å². The van der Waals surface area contributed by atoms with Crippen molar-refractivity contribution in [2.24, 2.45) is 0 Å². The van der Waals surface area contributed by atoms with E-state index in [1.807, 2.05) is 24.4 Å². The molecule has 0 radical (unpaired) electrons. The number of hydrogen-bond donors (Lipinski definition) is 0. The second kappa shape index (κ2) is 4.37. The number of hydrogen-bond acceptors (Lipinski definition) is 2. The van der Waals surface area contributed by atoms with Crippen LogP contribution in [0.4, 0.5) is 5.69 Å². The first kappa shape index (κ1) is 11.5. The molecular formula is C17H16N2O. The lowest BCUT2D eigenvalue weighted by Gasteiger charge is -2.25. The van der Waals surface area contributed by atoms with Crippen molar-refractivity contribution < 1.29 is 4.79 Å². The van der Waals surface area contributed by atoms with Gasteiger partial charge in [0.15, 0.2) is 0 Å². The van der Waals surface area contributed by atoms with Crippen molar-refractivity contribution in [1.29, 1.82) is 0 Å². The van der Waals surface area contributed by atoms with E-state index in [1.165, 1.54) is 22.9 Å².